The number of benzene rings is 1. The summed E-state index contributed by atoms with van der Waals surface area (Å²) in [6, 6.07) is 7.24. The van der Waals surface area contributed by atoms with Crippen molar-refractivity contribution in [1.82, 2.24) is 4.90 Å². The number of ether oxygens (including phenoxy) is 1. The fourth-order valence-corrected chi connectivity index (χ4v) is 2.87. The molecule has 5 heteroatoms. The highest BCUT2D eigenvalue weighted by Gasteiger charge is 2.20. The minimum absolute atomic E-state index is 0.0328. The molecule has 0 radical (unpaired) electrons. The predicted molar refractivity (Wildman–Crippen MR) is 95.0 cm³/mol. The van der Waals surface area contributed by atoms with Gasteiger partial charge in [0.2, 0.25) is 5.91 Å². The van der Waals surface area contributed by atoms with E-state index in [1.165, 1.54) is 0 Å². The van der Waals surface area contributed by atoms with Crippen molar-refractivity contribution in [1.29, 1.82) is 0 Å². The highest BCUT2D eigenvalue weighted by Crippen LogP contribution is 2.16. The van der Waals surface area contributed by atoms with Gasteiger partial charge in [0.05, 0.1) is 6.10 Å². The Morgan fingerprint density at radius 3 is 2.78 bits per heavy atom. The van der Waals surface area contributed by atoms with Crippen molar-refractivity contribution in [3.05, 3.63) is 29.3 Å². The van der Waals surface area contributed by atoms with Crippen LogP contribution in [0.5, 0.6) is 0 Å². The Hall–Kier alpha value is -1.10. The number of hydrogen-bond donors (Lipinski definition) is 1. The maximum absolute atomic E-state index is 12.0. The smallest absolute Gasteiger partial charge is 0.225 e. The predicted octanol–water partition coefficient (Wildman–Crippen LogP) is 3.81. The second kappa shape index (κ2) is 9.26. The van der Waals surface area contributed by atoms with Gasteiger partial charge in [0.25, 0.3) is 0 Å². The van der Waals surface area contributed by atoms with Crippen LogP contribution in [0.1, 0.15) is 33.1 Å². The summed E-state index contributed by atoms with van der Waals surface area (Å²) >= 11 is 5.91. The van der Waals surface area contributed by atoms with Crippen molar-refractivity contribution < 1.29 is 9.53 Å². The van der Waals surface area contributed by atoms with Crippen LogP contribution < -0.4 is 5.32 Å². The van der Waals surface area contributed by atoms with Gasteiger partial charge in [-0.3, -0.25) is 4.79 Å². The third-order valence-corrected chi connectivity index (χ3v) is 4.20. The molecule has 1 aliphatic heterocycles. The molecule has 0 unspecified atom stereocenters. The molecule has 1 N–H and O–H groups in total. The van der Waals surface area contributed by atoms with E-state index in [2.05, 4.69) is 24.1 Å². The Morgan fingerprint density at radius 2 is 2.13 bits per heavy atom. The lowest BCUT2D eigenvalue weighted by Gasteiger charge is -2.32. The molecule has 0 bridgehead atoms. The van der Waals surface area contributed by atoms with E-state index in [4.69, 9.17) is 16.3 Å². The van der Waals surface area contributed by atoms with Crippen molar-refractivity contribution in [3.63, 3.8) is 0 Å². The number of nitrogens with one attached hydrogen (secondary N) is 1. The summed E-state index contributed by atoms with van der Waals surface area (Å²) < 4.78 is 5.89. The number of carbonyl (C=O) groups excluding carboxylic acids is 1. The quantitative estimate of drug-likeness (QED) is 0.822. The van der Waals surface area contributed by atoms with Crippen LogP contribution >= 0.6 is 11.6 Å². The van der Waals surface area contributed by atoms with Crippen LogP contribution in [0.2, 0.25) is 5.02 Å². The Balaban J connectivity index is 1.64. The number of rotatable bonds is 7. The lowest BCUT2D eigenvalue weighted by Crippen LogP contribution is -2.38. The molecule has 0 aliphatic carbocycles. The standard InChI is InChI=1S/C18H27ClN2O2/c1-14(2)13-23-17-6-9-21(10-7-17)11-8-18(22)20-16-5-3-4-15(19)12-16/h3-5,12,14,17H,6-11,13H2,1-2H3,(H,20,22). The molecular weight excluding hydrogens is 312 g/mol. The van der Waals surface area contributed by atoms with E-state index in [0.717, 1.165) is 44.8 Å². The second-order valence-corrected chi connectivity index (χ2v) is 7.01. The molecule has 23 heavy (non-hydrogen) atoms. The summed E-state index contributed by atoms with van der Waals surface area (Å²) in [6.07, 6.45) is 3.00. The van der Waals surface area contributed by atoms with Crippen LogP contribution in [0.15, 0.2) is 24.3 Å². The highest BCUT2D eigenvalue weighted by molar-refractivity contribution is 6.30. The molecule has 128 valence electrons. The van der Waals surface area contributed by atoms with Gasteiger partial charge < -0.3 is 15.0 Å². The molecule has 1 fully saturated rings. The Morgan fingerprint density at radius 1 is 1.39 bits per heavy atom. The minimum atomic E-state index is 0.0328. The molecule has 1 amide bonds. The first-order chi connectivity index (χ1) is 11.0. The molecule has 1 heterocycles. The maximum Gasteiger partial charge on any atom is 0.225 e. The summed E-state index contributed by atoms with van der Waals surface area (Å²) in [5.41, 5.74) is 0.753. The zero-order valence-corrected chi connectivity index (χ0v) is 14.8. The van der Waals surface area contributed by atoms with E-state index < -0.39 is 0 Å². The number of amides is 1. The second-order valence-electron chi connectivity index (χ2n) is 6.58. The molecule has 0 spiro atoms. The number of carbonyl (C=O) groups is 1. The van der Waals surface area contributed by atoms with E-state index in [1.54, 1.807) is 12.1 Å². The van der Waals surface area contributed by atoms with E-state index in [9.17, 15) is 4.79 Å². The van der Waals surface area contributed by atoms with Crippen molar-refractivity contribution in [2.75, 3.05) is 31.6 Å². The average Bonchev–Trinajstić information content (AvgIpc) is 2.52. The fourth-order valence-electron chi connectivity index (χ4n) is 2.68. The zero-order valence-electron chi connectivity index (χ0n) is 14.1. The topological polar surface area (TPSA) is 41.6 Å². The van der Waals surface area contributed by atoms with Crippen LogP contribution in [-0.4, -0.2) is 43.2 Å². The molecular formula is C18H27ClN2O2. The van der Waals surface area contributed by atoms with Gasteiger partial charge in [0.1, 0.15) is 0 Å². The first-order valence-corrected chi connectivity index (χ1v) is 8.80. The number of hydrogen-bond acceptors (Lipinski definition) is 3. The normalized spacial score (nSPS) is 16.7. The monoisotopic (exact) mass is 338 g/mol. The molecule has 0 saturated carbocycles. The maximum atomic E-state index is 12.0. The first-order valence-electron chi connectivity index (χ1n) is 8.42. The molecule has 4 nitrogen and oxygen atoms in total. The van der Waals surface area contributed by atoms with E-state index in [-0.39, 0.29) is 5.91 Å². The van der Waals surface area contributed by atoms with Crippen molar-refractivity contribution in [2.24, 2.45) is 5.92 Å². The lowest BCUT2D eigenvalue weighted by atomic mass is 10.1. The number of nitrogens with zero attached hydrogens (tertiary/aromatic N) is 1. The van der Waals surface area contributed by atoms with E-state index in [0.29, 0.717) is 23.5 Å². The third-order valence-electron chi connectivity index (χ3n) is 3.96. The first kappa shape index (κ1) is 18.2. The van der Waals surface area contributed by atoms with Gasteiger partial charge in [0.15, 0.2) is 0 Å². The number of piperidine rings is 1. The Labute approximate surface area is 144 Å². The Kier molecular flexibility index (Phi) is 7.34. The van der Waals surface area contributed by atoms with Gasteiger partial charge in [0, 0.05) is 43.4 Å². The van der Waals surface area contributed by atoms with Gasteiger partial charge in [-0.1, -0.05) is 31.5 Å². The van der Waals surface area contributed by atoms with Gasteiger partial charge in [-0.15, -0.1) is 0 Å². The van der Waals surface area contributed by atoms with Gasteiger partial charge >= 0.3 is 0 Å². The van der Waals surface area contributed by atoms with Crippen LogP contribution in [0, 0.1) is 5.92 Å². The summed E-state index contributed by atoms with van der Waals surface area (Å²) in [4.78, 5) is 14.3. The lowest BCUT2D eigenvalue weighted by molar-refractivity contribution is -0.116. The molecule has 2 rings (SSSR count). The molecule has 1 aliphatic rings. The fraction of sp³-hybridized carbons (Fsp3) is 0.611. The largest absolute Gasteiger partial charge is 0.378 e. The molecule has 1 aromatic rings. The van der Waals surface area contributed by atoms with Gasteiger partial charge in [-0.05, 0) is 37.0 Å². The van der Waals surface area contributed by atoms with Crippen molar-refractivity contribution >= 4 is 23.2 Å². The summed E-state index contributed by atoms with van der Waals surface area (Å²) in [7, 11) is 0. The van der Waals surface area contributed by atoms with Crippen molar-refractivity contribution in [3.8, 4) is 0 Å². The van der Waals surface area contributed by atoms with E-state index >= 15 is 0 Å². The highest BCUT2D eigenvalue weighted by atomic mass is 35.5. The van der Waals surface area contributed by atoms with Crippen LogP contribution in [0.3, 0.4) is 0 Å². The van der Waals surface area contributed by atoms with Crippen LogP contribution in [0.4, 0.5) is 5.69 Å². The number of anilines is 1. The van der Waals surface area contributed by atoms with Gasteiger partial charge in [-0.25, -0.2) is 0 Å². The number of likely N-dealkylation sites (tertiary alicyclic amines) is 1. The summed E-state index contributed by atoms with van der Waals surface area (Å²) in [6.45, 7) is 8.00. The summed E-state index contributed by atoms with van der Waals surface area (Å²) in [5, 5.41) is 3.52. The zero-order chi connectivity index (χ0) is 16.7. The van der Waals surface area contributed by atoms with Crippen LogP contribution in [-0.2, 0) is 9.53 Å². The minimum Gasteiger partial charge on any atom is -0.378 e. The summed E-state index contributed by atoms with van der Waals surface area (Å²) in [5.74, 6) is 0.619. The Bertz CT molecular complexity index is 500. The van der Waals surface area contributed by atoms with E-state index in [1.807, 2.05) is 12.1 Å². The average molecular weight is 339 g/mol. The molecule has 1 aromatic carbocycles. The third kappa shape index (κ3) is 6.90. The van der Waals surface area contributed by atoms with Crippen LogP contribution in [0.25, 0.3) is 0 Å². The number of halogens is 1. The SMILES string of the molecule is CC(C)COC1CCN(CCC(=O)Nc2cccc(Cl)c2)CC1. The van der Waals surface area contributed by atoms with Gasteiger partial charge in [-0.2, -0.15) is 0 Å². The van der Waals surface area contributed by atoms with Crippen molar-refractivity contribution in [2.45, 2.75) is 39.2 Å². The molecule has 1 saturated heterocycles. The molecule has 0 aromatic heterocycles. The molecule has 0 atom stereocenters.